The third-order valence-electron chi connectivity index (χ3n) is 18.0. The van der Waals surface area contributed by atoms with E-state index in [2.05, 4.69) is 326 Å². The molecule has 0 amide bonds. The van der Waals surface area contributed by atoms with Gasteiger partial charge in [-0.2, -0.15) is 0 Å². The van der Waals surface area contributed by atoms with Gasteiger partial charge in [-0.3, -0.25) is 0 Å². The maximum atomic E-state index is 9.95. The second kappa shape index (κ2) is 21.8. The second-order valence-electron chi connectivity index (χ2n) is 24.4. The van der Waals surface area contributed by atoms with E-state index in [-0.39, 0.29) is 27.4 Å². The molecule has 0 aliphatic heterocycles. The van der Waals surface area contributed by atoms with E-state index in [9.17, 15) is 5.11 Å². The molecule has 12 aromatic rings. The quantitative estimate of drug-likeness (QED) is 0.0819. The van der Waals surface area contributed by atoms with Crippen molar-refractivity contribution < 1.29 is 5.11 Å². The fourth-order valence-electron chi connectivity index (χ4n) is 12.5. The molecule has 3 heteroatoms. The molecule has 0 spiro atoms. The van der Waals surface area contributed by atoms with Gasteiger partial charge in [-0.1, -0.05) is 280 Å². The number of anilines is 6. The third kappa shape index (κ3) is 10.2. The summed E-state index contributed by atoms with van der Waals surface area (Å²) in [6.07, 6.45) is 0. The van der Waals surface area contributed by atoms with E-state index < -0.39 is 0 Å². The van der Waals surface area contributed by atoms with Gasteiger partial charge in [0.2, 0.25) is 0 Å². The van der Waals surface area contributed by atoms with E-state index in [4.69, 9.17) is 0 Å². The molecule has 0 aliphatic carbocycles. The molecule has 0 aromatic heterocycles. The van der Waals surface area contributed by atoms with Crippen LogP contribution in [0.2, 0.25) is 0 Å². The normalized spacial score (nSPS) is 12.1. The summed E-state index contributed by atoms with van der Waals surface area (Å²) >= 11 is 0. The summed E-state index contributed by atoms with van der Waals surface area (Å²) in [5.41, 5.74) is 17.8. The van der Waals surface area contributed by atoms with Crippen molar-refractivity contribution in [3.8, 4) is 16.9 Å². The molecular weight excluding hydrogens is 1000 g/mol. The fourth-order valence-corrected chi connectivity index (χ4v) is 12.5. The van der Waals surface area contributed by atoms with Crippen LogP contribution < -0.4 is 9.80 Å². The highest BCUT2D eigenvalue weighted by Crippen LogP contribution is 2.52. The lowest BCUT2D eigenvalue weighted by Gasteiger charge is -2.34. The highest BCUT2D eigenvalue weighted by Gasteiger charge is 2.31. The number of nitrogens with zero attached hydrogens (tertiary/aromatic N) is 2. The van der Waals surface area contributed by atoms with Crippen molar-refractivity contribution in [1.82, 2.24) is 0 Å². The number of rotatable bonds is 15. The van der Waals surface area contributed by atoms with Gasteiger partial charge in [-0.05, 0) is 116 Å². The fraction of sp³-hybridized carbons (Fsp3) is 0.150. The van der Waals surface area contributed by atoms with Crippen molar-refractivity contribution in [2.75, 3.05) is 9.80 Å². The van der Waals surface area contributed by atoms with E-state index in [1.807, 2.05) is 12.1 Å². The number of hydrogen-bond donors (Lipinski definition) is 1. The maximum Gasteiger partial charge on any atom is 0.115 e. The van der Waals surface area contributed by atoms with Crippen LogP contribution in [0.5, 0.6) is 5.75 Å². The molecule has 0 saturated carbocycles. The van der Waals surface area contributed by atoms with Gasteiger partial charge in [0.15, 0.2) is 0 Å². The zero-order valence-electron chi connectivity index (χ0n) is 49.0. The molecule has 12 rings (SSSR count). The standard InChI is InChI=1S/C80H72N2O/c1-77(2,58-22-12-9-13-23-58)62-38-46-66(47-39-62)81(67-48-40-63(41-49-67)78(3,4)59-24-14-10-15-25-59)75-71-28-18-20-30-73(71)76(74-31-21-19-29-72(74)75)82(68-50-42-64(43-51-68)79(5,6)60-26-16-11-17-27-60)69-52-44-65(45-53-69)80(7,8)61-36-32-56(33-37-61)57-34-54-70(83)55-35-57/h9-55,83H,1-8H3. The minimum absolute atomic E-state index is 0.204. The third-order valence-corrected chi connectivity index (χ3v) is 18.0. The zero-order chi connectivity index (χ0) is 57.5. The van der Waals surface area contributed by atoms with Crippen LogP contribution in [0.15, 0.2) is 285 Å². The van der Waals surface area contributed by atoms with Gasteiger partial charge < -0.3 is 14.9 Å². The Kier molecular flexibility index (Phi) is 14.2. The van der Waals surface area contributed by atoms with Crippen LogP contribution in [0.1, 0.15) is 99.9 Å². The van der Waals surface area contributed by atoms with E-state index >= 15 is 0 Å². The van der Waals surface area contributed by atoms with E-state index in [1.54, 1.807) is 12.1 Å². The van der Waals surface area contributed by atoms with Gasteiger partial charge in [0.05, 0.1) is 11.4 Å². The summed E-state index contributed by atoms with van der Waals surface area (Å²) in [6, 6.07) is 104. The zero-order valence-corrected chi connectivity index (χ0v) is 49.0. The number of benzene rings is 12. The van der Waals surface area contributed by atoms with Crippen LogP contribution in [0.25, 0.3) is 32.7 Å². The lowest BCUT2D eigenvalue weighted by atomic mass is 9.77. The maximum absolute atomic E-state index is 9.95. The second-order valence-corrected chi connectivity index (χ2v) is 24.4. The molecule has 12 aromatic carbocycles. The van der Waals surface area contributed by atoms with Crippen LogP contribution >= 0.6 is 0 Å². The Hall–Kier alpha value is -9.44. The summed E-state index contributed by atoms with van der Waals surface area (Å²) < 4.78 is 0. The van der Waals surface area contributed by atoms with Gasteiger partial charge >= 0.3 is 0 Å². The summed E-state index contributed by atoms with van der Waals surface area (Å²) in [5, 5.41) is 14.5. The molecule has 0 unspecified atom stereocenters. The van der Waals surface area contributed by atoms with Gasteiger partial charge in [-0.15, -0.1) is 0 Å². The monoisotopic (exact) mass is 1080 g/mol. The molecular formula is C80H72N2O. The molecule has 408 valence electrons. The van der Waals surface area contributed by atoms with Gasteiger partial charge in [0.25, 0.3) is 0 Å². The number of fused-ring (bicyclic) bond motifs is 2. The first-order valence-electron chi connectivity index (χ1n) is 29.1. The van der Waals surface area contributed by atoms with Gasteiger partial charge in [0.1, 0.15) is 5.75 Å². The predicted octanol–water partition coefficient (Wildman–Crippen LogP) is 21.6. The van der Waals surface area contributed by atoms with Crippen molar-refractivity contribution in [3.05, 3.63) is 330 Å². The predicted molar refractivity (Wildman–Crippen MR) is 352 cm³/mol. The molecule has 0 saturated heterocycles. The van der Waals surface area contributed by atoms with Crippen molar-refractivity contribution in [3.63, 3.8) is 0 Å². The summed E-state index contributed by atoms with van der Waals surface area (Å²) in [4.78, 5) is 4.98. The molecule has 83 heavy (non-hydrogen) atoms. The Morgan fingerprint density at radius 1 is 0.217 bits per heavy atom. The van der Waals surface area contributed by atoms with Crippen molar-refractivity contribution >= 4 is 55.7 Å². The summed E-state index contributed by atoms with van der Waals surface area (Å²) in [7, 11) is 0. The van der Waals surface area contributed by atoms with Crippen LogP contribution in [-0.2, 0) is 21.7 Å². The minimum atomic E-state index is -0.295. The molecule has 0 atom stereocenters. The number of hydrogen-bond acceptors (Lipinski definition) is 3. The Labute approximate surface area is 491 Å². The first-order chi connectivity index (χ1) is 40.1. The van der Waals surface area contributed by atoms with Crippen molar-refractivity contribution in [2.24, 2.45) is 0 Å². The smallest absolute Gasteiger partial charge is 0.115 e. The van der Waals surface area contributed by atoms with E-state index in [1.165, 1.54) is 44.5 Å². The average molecular weight is 1080 g/mol. The Balaban J connectivity index is 1.03. The molecule has 0 heterocycles. The first-order valence-corrected chi connectivity index (χ1v) is 29.1. The van der Waals surface area contributed by atoms with Gasteiger partial charge in [0, 0.05) is 66.0 Å². The summed E-state index contributed by atoms with van der Waals surface area (Å²) in [5.74, 6) is 0.268. The lowest BCUT2D eigenvalue weighted by molar-refractivity contribution is 0.475. The van der Waals surface area contributed by atoms with Crippen LogP contribution in [-0.4, -0.2) is 5.11 Å². The molecule has 0 fully saturated rings. The molecule has 3 nitrogen and oxygen atoms in total. The highest BCUT2D eigenvalue weighted by molar-refractivity contribution is 6.23. The van der Waals surface area contributed by atoms with E-state index in [0.717, 1.165) is 66.8 Å². The Morgan fingerprint density at radius 2 is 0.410 bits per heavy atom. The molecule has 0 radical (unpaired) electrons. The van der Waals surface area contributed by atoms with Crippen LogP contribution in [0.3, 0.4) is 0 Å². The average Bonchev–Trinajstić information content (AvgIpc) is 3.61. The largest absolute Gasteiger partial charge is 0.508 e. The van der Waals surface area contributed by atoms with Crippen molar-refractivity contribution in [2.45, 2.75) is 77.0 Å². The highest BCUT2D eigenvalue weighted by atomic mass is 16.3. The first kappa shape index (κ1) is 54.2. The molecule has 1 N–H and O–H groups in total. The van der Waals surface area contributed by atoms with Crippen LogP contribution in [0.4, 0.5) is 34.1 Å². The number of phenols is 1. The number of phenolic OH excluding ortho intramolecular Hbond substituents is 1. The Morgan fingerprint density at radius 3 is 0.651 bits per heavy atom. The SMILES string of the molecule is CC(C)(c1ccccc1)c1ccc(N(c2ccc(C(C)(C)c3ccccc3)cc2)c2c3ccccc3c(N(c3ccc(C(C)(C)c4ccccc4)cc3)c3ccc(C(C)(C)c4ccc(-c5ccc(O)cc5)cc4)cc3)c3ccccc23)cc1. The minimum Gasteiger partial charge on any atom is -0.508 e. The van der Waals surface area contributed by atoms with E-state index in [0.29, 0.717) is 0 Å². The Bertz CT molecular complexity index is 4030. The van der Waals surface area contributed by atoms with Crippen molar-refractivity contribution in [1.29, 1.82) is 0 Å². The topological polar surface area (TPSA) is 26.7 Å². The lowest BCUT2D eigenvalue weighted by Crippen LogP contribution is -2.20. The molecule has 0 bridgehead atoms. The molecule has 0 aliphatic rings. The number of aromatic hydroxyl groups is 1. The summed E-state index contributed by atoms with van der Waals surface area (Å²) in [6.45, 7) is 18.5. The van der Waals surface area contributed by atoms with Crippen LogP contribution in [0, 0.1) is 0 Å². The van der Waals surface area contributed by atoms with Gasteiger partial charge in [-0.25, -0.2) is 0 Å².